The normalized spacial score (nSPS) is 15.5. The summed E-state index contributed by atoms with van der Waals surface area (Å²) in [5, 5.41) is 16.4. The minimum absolute atomic E-state index is 0.0513. The lowest BCUT2D eigenvalue weighted by molar-refractivity contribution is -0.141. The maximum atomic E-state index is 12.7. The molecule has 0 heterocycles. The van der Waals surface area contributed by atoms with Crippen molar-refractivity contribution in [3.63, 3.8) is 0 Å². The Kier molecular flexibility index (Phi) is 12.2. The van der Waals surface area contributed by atoms with E-state index in [2.05, 4.69) is 41.2 Å². The van der Waals surface area contributed by atoms with Gasteiger partial charge in [0.25, 0.3) is 0 Å². The van der Waals surface area contributed by atoms with Gasteiger partial charge < -0.3 is 26.8 Å². The Balaban J connectivity index is 5.17. The van der Waals surface area contributed by atoms with Gasteiger partial charge in [0.05, 0.1) is 6.04 Å². The lowest BCUT2D eigenvalue weighted by atomic mass is 10.0. The van der Waals surface area contributed by atoms with Gasteiger partial charge in [0.15, 0.2) is 0 Å². The van der Waals surface area contributed by atoms with E-state index in [0.29, 0.717) is 6.42 Å². The van der Waals surface area contributed by atoms with Crippen molar-refractivity contribution in [2.45, 2.75) is 58.3 Å². The van der Waals surface area contributed by atoms with Crippen molar-refractivity contribution in [2.24, 2.45) is 17.6 Å². The van der Waals surface area contributed by atoms with Crippen LogP contribution < -0.4 is 21.7 Å². The molecule has 4 atom stereocenters. The van der Waals surface area contributed by atoms with Crippen LogP contribution in [0, 0.1) is 11.8 Å². The number of hydrogen-bond donors (Lipinski definition) is 7. The Hall–Kier alpha value is -1.46. The fourth-order valence-corrected chi connectivity index (χ4v) is 2.70. The fourth-order valence-electron chi connectivity index (χ4n) is 2.20. The number of hydrogen-bond acceptors (Lipinski definition) is 7. The molecule has 0 aliphatic carbocycles. The van der Waals surface area contributed by atoms with Gasteiger partial charge in [-0.05, 0) is 18.3 Å². The van der Waals surface area contributed by atoms with Crippen LogP contribution in [0.3, 0.4) is 0 Å². The van der Waals surface area contributed by atoms with Gasteiger partial charge in [-0.2, -0.15) is 25.3 Å². The van der Waals surface area contributed by atoms with Crippen molar-refractivity contribution < 1.29 is 24.3 Å². The van der Waals surface area contributed by atoms with Crippen LogP contribution in [0.25, 0.3) is 0 Å². The second kappa shape index (κ2) is 12.9. The van der Waals surface area contributed by atoms with Crippen LogP contribution in [0.4, 0.5) is 0 Å². The van der Waals surface area contributed by atoms with Crippen LogP contribution in [-0.4, -0.2) is 64.5 Å². The van der Waals surface area contributed by atoms with Gasteiger partial charge in [0, 0.05) is 11.5 Å². The minimum Gasteiger partial charge on any atom is -0.480 e. The van der Waals surface area contributed by atoms with E-state index in [1.807, 2.05) is 13.8 Å². The molecule has 0 spiro atoms. The first-order valence-electron chi connectivity index (χ1n) is 9.05. The second-order valence-corrected chi connectivity index (χ2v) is 8.02. The molecule has 0 fully saturated rings. The topological polar surface area (TPSA) is 151 Å². The van der Waals surface area contributed by atoms with Gasteiger partial charge in [-0.25, -0.2) is 4.79 Å². The Morgan fingerprint density at radius 1 is 0.821 bits per heavy atom. The molecule has 4 unspecified atom stereocenters. The summed E-state index contributed by atoms with van der Waals surface area (Å²) in [6, 6.07) is -3.90. The predicted octanol–water partition coefficient (Wildman–Crippen LogP) is -0.586. The molecule has 0 aromatic rings. The van der Waals surface area contributed by atoms with Gasteiger partial charge in [0.1, 0.15) is 18.1 Å². The third kappa shape index (κ3) is 9.16. The van der Waals surface area contributed by atoms with Crippen LogP contribution in [0.1, 0.15) is 34.1 Å². The second-order valence-electron chi connectivity index (χ2n) is 7.29. The molecule has 28 heavy (non-hydrogen) atoms. The maximum absolute atomic E-state index is 12.7. The molecule has 0 bridgehead atoms. The largest absolute Gasteiger partial charge is 0.480 e. The molecule has 0 aliphatic heterocycles. The number of rotatable bonds is 12. The summed E-state index contributed by atoms with van der Waals surface area (Å²) in [6.45, 7) is 7.37. The van der Waals surface area contributed by atoms with Crippen molar-refractivity contribution >= 4 is 48.9 Å². The molecule has 0 aliphatic rings. The van der Waals surface area contributed by atoms with Crippen molar-refractivity contribution in [2.75, 3.05) is 11.5 Å². The van der Waals surface area contributed by atoms with E-state index in [0.717, 1.165) is 0 Å². The van der Waals surface area contributed by atoms with Gasteiger partial charge in [-0.1, -0.05) is 27.7 Å². The SMILES string of the molecule is CC(C)CC(NC(=O)C(N)C(C)C)C(=O)NC(CS)C(=O)NC(CS)C(=O)O. The third-order valence-corrected chi connectivity index (χ3v) is 4.70. The Morgan fingerprint density at radius 2 is 1.25 bits per heavy atom. The molecule has 0 saturated heterocycles. The molecular formula is C17H32N4O5S2. The standard InChI is InChI=1S/C17H32N4O5S2/c1-8(2)5-10(19-16(24)13(18)9(3)4)14(22)20-11(6-27)15(23)21-12(7-28)17(25)26/h8-13,27-28H,5-7,18H2,1-4H3,(H,19,24)(H,20,22)(H,21,23)(H,25,26). The Bertz CT molecular complexity index is 560. The van der Waals surface area contributed by atoms with Crippen molar-refractivity contribution in [3.05, 3.63) is 0 Å². The molecule has 0 rings (SSSR count). The van der Waals surface area contributed by atoms with Crippen LogP contribution >= 0.6 is 25.3 Å². The number of nitrogens with one attached hydrogen (secondary N) is 3. The van der Waals surface area contributed by atoms with E-state index in [4.69, 9.17) is 10.8 Å². The molecule has 0 aromatic heterocycles. The van der Waals surface area contributed by atoms with Gasteiger partial charge in [-0.3, -0.25) is 14.4 Å². The number of aliphatic carboxylic acids is 1. The number of carbonyl (C=O) groups is 4. The summed E-state index contributed by atoms with van der Waals surface area (Å²) >= 11 is 7.93. The highest BCUT2D eigenvalue weighted by Gasteiger charge is 2.30. The van der Waals surface area contributed by atoms with E-state index in [-0.39, 0.29) is 23.3 Å². The molecule has 0 radical (unpaired) electrons. The number of nitrogens with two attached hydrogens (primary N) is 1. The number of amides is 3. The molecular weight excluding hydrogens is 404 g/mol. The van der Waals surface area contributed by atoms with Crippen molar-refractivity contribution in [1.29, 1.82) is 0 Å². The summed E-state index contributed by atoms with van der Waals surface area (Å²) < 4.78 is 0. The van der Waals surface area contributed by atoms with Gasteiger partial charge in [0.2, 0.25) is 17.7 Å². The Morgan fingerprint density at radius 3 is 1.64 bits per heavy atom. The quantitative estimate of drug-likeness (QED) is 0.203. The van der Waals surface area contributed by atoms with E-state index < -0.39 is 47.9 Å². The average molecular weight is 437 g/mol. The molecule has 9 nitrogen and oxygen atoms in total. The zero-order valence-corrected chi connectivity index (χ0v) is 18.4. The van der Waals surface area contributed by atoms with E-state index in [9.17, 15) is 19.2 Å². The number of carboxylic acid groups (broad SMARTS) is 1. The highest BCUT2D eigenvalue weighted by atomic mass is 32.1. The summed E-state index contributed by atoms with van der Waals surface area (Å²) in [7, 11) is 0. The average Bonchev–Trinajstić information content (AvgIpc) is 2.61. The van der Waals surface area contributed by atoms with E-state index in [1.54, 1.807) is 13.8 Å². The first kappa shape index (κ1) is 26.5. The van der Waals surface area contributed by atoms with Crippen molar-refractivity contribution in [1.82, 2.24) is 16.0 Å². The van der Waals surface area contributed by atoms with E-state index >= 15 is 0 Å². The summed E-state index contributed by atoms with van der Waals surface area (Å²) in [4.78, 5) is 48.2. The Labute approximate surface area is 176 Å². The zero-order valence-electron chi connectivity index (χ0n) is 16.6. The molecule has 3 amide bonds. The van der Waals surface area contributed by atoms with Gasteiger partial charge in [-0.15, -0.1) is 0 Å². The molecule has 0 aromatic carbocycles. The zero-order chi connectivity index (χ0) is 22.0. The monoisotopic (exact) mass is 436 g/mol. The summed E-state index contributed by atoms with van der Waals surface area (Å²) in [5.41, 5.74) is 5.83. The third-order valence-electron chi connectivity index (χ3n) is 3.97. The molecule has 6 N–H and O–H groups in total. The van der Waals surface area contributed by atoms with Gasteiger partial charge >= 0.3 is 5.97 Å². The lowest BCUT2D eigenvalue weighted by Crippen LogP contribution is -2.58. The van der Waals surface area contributed by atoms with Crippen LogP contribution in [0.15, 0.2) is 0 Å². The lowest BCUT2D eigenvalue weighted by Gasteiger charge is -2.25. The highest BCUT2D eigenvalue weighted by molar-refractivity contribution is 7.80. The van der Waals surface area contributed by atoms with Crippen LogP contribution in [-0.2, 0) is 19.2 Å². The minimum atomic E-state index is -1.24. The predicted molar refractivity (Wildman–Crippen MR) is 113 cm³/mol. The van der Waals surface area contributed by atoms with Crippen LogP contribution in [0.2, 0.25) is 0 Å². The summed E-state index contributed by atoms with van der Waals surface area (Å²) in [6.07, 6.45) is 0.345. The first-order valence-corrected chi connectivity index (χ1v) is 10.3. The fraction of sp³-hybridized carbons (Fsp3) is 0.765. The summed E-state index contributed by atoms with van der Waals surface area (Å²) in [5.74, 6) is -3.12. The molecule has 0 saturated carbocycles. The van der Waals surface area contributed by atoms with Crippen molar-refractivity contribution in [3.8, 4) is 0 Å². The molecule has 162 valence electrons. The number of thiol groups is 2. The smallest absolute Gasteiger partial charge is 0.327 e. The number of carbonyl (C=O) groups excluding carboxylic acids is 3. The highest BCUT2D eigenvalue weighted by Crippen LogP contribution is 2.07. The molecule has 11 heteroatoms. The maximum Gasteiger partial charge on any atom is 0.327 e. The van der Waals surface area contributed by atoms with E-state index in [1.165, 1.54) is 0 Å². The van der Waals surface area contributed by atoms with Crippen LogP contribution in [0.5, 0.6) is 0 Å². The first-order chi connectivity index (χ1) is 12.9. The number of carboxylic acids is 1.